The Labute approximate surface area is 156 Å². The van der Waals surface area contributed by atoms with Gasteiger partial charge in [-0.3, -0.25) is 4.79 Å². The minimum absolute atomic E-state index is 0.0905. The van der Waals surface area contributed by atoms with Crippen LogP contribution < -0.4 is 5.32 Å². The van der Waals surface area contributed by atoms with Crippen molar-refractivity contribution in [1.82, 2.24) is 9.55 Å². The van der Waals surface area contributed by atoms with Crippen molar-refractivity contribution in [3.8, 4) is 28.3 Å². The normalized spacial score (nSPS) is 10.9. The minimum atomic E-state index is -0.0905. The van der Waals surface area contributed by atoms with E-state index in [4.69, 9.17) is 4.98 Å². The summed E-state index contributed by atoms with van der Waals surface area (Å²) in [5, 5.41) is 12.2. The van der Waals surface area contributed by atoms with E-state index in [0.717, 1.165) is 39.2 Å². The van der Waals surface area contributed by atoms with E-state index >= 15 is 0 Å². The molecule has 27 heavy (non-hydrogen) atoms. The summed E-state index contributed by atoms with van der Waals surface area (Å²) in [7, 11) is 1.99. The number of rotatable bonds is 3. The van der Waals surface area contributed by atoms with E-state index in [1.807, 2.05) is 43.4 Å². The molecule has 1 aromatic heterocycles. The summed E-state index contributed by atoms with van der Waals surface area (Å²) in [6, 6.07) is 21.0. The van der Waals surface area contributed by atoms with Gasteiger partial charge in [0.05, 0.1) is 11.0 Å². The SMILES string of the molecule is CC(=O)Nc1ccc(-c2nc3cc(-c4ccc(O)cc4)ccc3n2C)cc1. The van der Waals surface area contributed by atoms with Crippen LogP contribution in [0, 0.1) is 0 Å². The van der Waals surface area contributed by atoms with Crippen LogP contribution in [0.3, 0.4) is 0 Å². The number of imidazole rings is 1. The van der Waals surface area contributed by atoms with Gasteiger partial charge < -0.3 is 15.0 Å². The average molecular weight is 357 g/mol. The van der Waals surface area contributed by atoms with E-state index in [2.05, 4.69) is 28.1 Å². The number of hydrogen-bond donors (Lipinski definition) is 2. The molecule has 0 atom stereocenters. The van der Waals surface area contributed by atoms with Gasteiger partial charge in [-0.1, -0.05) is 18.2 Å². The molecule has 0 radical (unpaired) electrons. The van der Waals surface area contributed by atoms with Crippen molar-refractivity contribution in [2.24, 2.45) is 7.05 Å². The third-order valence-electron chi connectivity index (χ3n) is 4.54. The number of hydrogen-bond acceptors (Lipinski definition) is 3. The molecule has 0 unspecified atom stereocenters. The fourth-order valence-electron chi connectivity index (χ4n) is 3.20. The first-order valence-electron chi connectivity index (χ1n) is 8.65. The highest BCUT2D eigenvalue weighted by molar-refractivity contribution is 5.89. The Balaban J connectivity index is 1.73. The van der Waals surface area contributed by atoms with E-state index in [0.29, 0.717) is 0 Å². The number of phenolic OH excluding ortho intramolecular Hbond substituents is 1. The summed E-state index contributed by atoms with van der Waals surface area (Å²) in [4.78, 5) is 16.0. The maximum Gasteiger partial charge on any atom is 0.221 e. The smallest absolute Gasteiger partial charge is 0.221 e. The highest BCUT2D eigenvalue weighted by Crippen LogP contribution is 2.29. The molecule has 4 rings (SSSR count). The van der Waals surface area contributed by atoms with E-state index in [1.54, 1.807) is 12.1 Å². The number of nitrogens with zero attached hydrogens (tertiary/aromatic N) is 2. The van der Waals surface area contributed by atoms with E-state index in [-0.39, 0.29) is 11.7 Å². The first-order chi connectivity index (χ1) is 13.0. The second kappa shape index (κ2) is 6.61. The highest BCUT2D eigenvalue weighted by atomic mass is 16.3. The van der Waals surface area contributed by atoms with Gasteiger partial charge in [-0.25, -0.2) is 4.98 Å². The summed E-state index contributed by atoms with van der Waals surface area (Å²) in [6.07, 6.45) is 0. The third kappa shape index (κ3) is 3.27. The Morgan fingerprint density at radius 1 is 0.926 bits per heavy atom. The van der Waals surface area contributed by atoms with Crippen LogP contribution in [0.5, 0.6) is 5.75 Å². The fourth-order valence-corrected chi connectivity index (χ4v) is 3.20. The van der Waals surface area contributed by atoms with Gasteiger partial charge in [0.25, 0.3) is 0 Å². The second-order valence-corrected chi connectivity index (χ2v) is 6.50. The Kier molecular flexibility index (Phi) is 4.12. The van der Waals surface area contributed by atoms with Crippen molar-refractivity contribution in [3.63, 3.8) is 0 Å². The number of aryl methyl sites for hydroxylation is 1. The van der Waals surface area contributed by atoms with Crippen LogP contribution in [0.2, 0.25) is 0 Å². The predicted molar refractivity (Wildman–Crippen MR) is 108 cm³/mol. The topological polar surface area (TPSA) is 67.2 Å². The number of carbonyl (C=O) groups excluding carboxylic acids is 1. The van der Waals surface area contributed by atoms with Gasteiger partial charge in [-0.15, -0.1) is 0 Å². The number of carbonyl (C=O) groups is 1. The predicted octanol–water partition coefficient (Wildman–Crippen LogP) is 4.57. The molecule has 0 saturated carbocycles. The largest absolute Gasteiger partial charge is 0.508 e. The van der Waals surface area contributed by atoms with E-state index in [9.17, 15) is 9.90 Å². The van der Waals surface area contributed by atoms with Crippen LogP contribution in [-0.4, -0.2) is 20.6 Å². The molecule has 0 aliphatic rings. The number of phenols is 1. The molecule has 5 nitrogen and oxygen atoms in total. The van der Waals surface area contributed by atoms with Crippen molar-refractivity contribution < 1.29 is 9.90 Å². The number of benzene rings is 3. The van der Waals surface area contributed by atoms with Gasteiger partial charge in [-0.2, -0.15) is 0 Å². The van der Waals surface area contributed by atoms with Crippen LogP contribution in [0.1, 0.15) is 6.92 Å². The Morgan fingerprint density at radius 3 is 2.22 bits per heavy atom. The lowest BCUT2D eigenvalue weighted by molar-refractivity contribution is -0.114. The minimum Gasteiger partial charge on any atom is -0.508 e. The van der Waals surface area contributed by atoms with Crippen molar-refractivity contribution in [1.29, 1.82) is 0 Å². The molecule has 0 saturated heterocycles. The molecule has 4 aromatic rings. The number of amides is 1. The lowest BCUT2D eigenvalue weighted by atomic mass is 10.1. The maximum absolute atomic E-state index is 11.2. The standard InChI is InChI=1S/C22H19N3O2/c1-14(26)23-18-8-3-16(4-9-18)22-24-20-13-17(7-12-21(20)25(22)2)15-5-10-19(27)11-6-15/h3-13,27H,1-2H3,(H,23,26). The van der Waals surface area contributed by atoms with Crippen molar-refractivity contribution in [2.75, 3.05) is 5.32 Å². The maximum atomic E-state index is 11.2. The summed E-state index contributed by atoms with van der Waals surface area (Å²) >= 11 is 0. The van der Waals surface area contributed by atoms with Crippen LogP contribution in [0.15, 0.2) is 66.7 Å². The van der Waals surface area contributed by atoms with Crippen LogP contribution in [0.25, 0.3) is 33.5 Å². The van der Waals surface area contributed by atoms with E-state index < -0.39 is 0 Å². The van der Waals surface area contributed by atoms with Crippen LogP contribution in [-0.2, 0) is 11.8 Å². The Bertz CT molecular complexity index is 1130. The van der Waals surface area contributed by atoms with Gasteiger partial charge in [0.1, 0.15) is 11.6 Å². The lowest BCUT2D eigenvalue weighted by Gasteiger charge is -2.05. The van der Waals surface area contributed by atoms with Gasteiger partial charge in [0, 0.05) is 25.2 Å². The lowest BCUT2D eigenvalue weighted by Crippen LogP contribution is -2.05. The number of aromatic nitrogens is 2. The van der Waals surface area contributed by atoms with Crippen LogP contribution in [0.4, 0.5) is 5.69 Å². The van der Waals surface area contributed by atoms with Crippen molar-refractivity contribution in [2.45, 2.75) is 6.92 Å². The quantitative estimate of drug-likeness (QED) is 0.564. The number of aromatic hydroxyl groups is 1. The van der Waals surface area contributed by atoms with Gasteiger partial charge in [-0.05, 0) is 59.7 Å². The summed E-state index contributed by atoms with van der Waals surface area (Å²) in [6.45, 7) is 1.49. The molecule has 0 fully saturated rings. The molecule has 1 heterocycles. The average Bonchev–Trinajstić information content (AvgIpc) is 2.99. The highest BCUT2D eigenvalue weighted by Gasteiger charge is 2.11. The molecular weight excluding hydrogens is 338 g/mol. The zero-order chi connectivity index (χ0) is 19.0. The third-order valence-corrected chi connectivity index (χ3v) is 4.54. The molecule has 5 heteroatoms. The molecular formula is C22H19N3O2. The van der Waals surface area contributed by atoms with E-state index in [1.165, 1.54) is 6.92 Å². The summed E-state index contributed by atoms with van der Waals surface area (Å²) in [5.41, 5.74) is 5.77. The molecule has 1 amide bonds. The second-order valence-electron chi connectivity index (χ2n) is 6.50. The molecule has 134 valence electrons. The number of fused-ring (bicyclic) bond motifs is 1. The zero-order valence-corrected chi connectivity index (χ0v) is 15.1. The number of anilines is 1. The van der Waals surface area contributed by atoms with Crippen molar-refractivity contribution in [3.05, 3.63) is 66.7 Å². The molecule has 0 bridgehead atoms. The van der Waals surface area contributed by atoms with Gasteiger partial charge in [0.15, 0.2) is 0 Å². The summed E-state index contributed by atoms with van der Waals surface area (Å²) < 4.78 is 2.06. The first-order valence-corrected chi connectivity index (χ1v) is 8.65. The first kappa shape index (κ1) is 16.8. The molecule has 0 aliphatic heterocycles. The monoisotopic (exact) mass is 357 g/mol. The number of nitrogens with one attached hydrogen (secondary N) is 1. The Hall–Kier alpha value is -3.60. The zero-order valence-electron chi connectivity index (χ0n) is 15.1. The Morgan fingerprint density at radius 2 is 1.56 bits per heavy atom. The molecule has 3 aromatic carbocycles. The van der Waals surface area contributed by atoms with Gasteiger partial charge in [0.2, 0.25) is 5.91 Å². The summed E-state index contributed by atoms with van der Waals surface area (Å²) in [5.74, 6) is 1.03. The molecule has 2 N–H and O–H groups in total. The molecule has 0 spiro atoms. The van der Waals surface area contributed by atoms with Crippen LogP contribution >= 0.6 is 0 Å². The van der Waals surface area contributed by atoms with Crippen molar-refractivity contribution >= 4 is 22.6 Å². The fraction of sp³-hybridized carbons (Fsp3) is 0.0909. The van der Waals surface area contributed by atoms with Gasteiger partial charge >= 0.3 is 0 Å². The molecule has 0 aliphatic carbocycles.